The lowest BCUT2D eigenvalue weighted by Gasteiger charge is -2.40. The number of aliphatic hydroxyl groups is 1. The van der Waals surface area contributed by atoms with Gasteiger partial charge in [-0.25, -0.2) is 14.6 Å². The second-order valence-corrected chi connectivity index (χ2v) is 9.42. The van der Waals surface area contributed by atoms with Crippen molar-refractivity contribution in [2.45, 2.75) is 50.8 Å². The monoisotopic (exact) mass is 416 g/mol. The molecule has 6 rings (SSSR count). The van der Waals surface area contributed by atoms with Crippen molar-refractivity contribution in [1.29, 1.82) is 0 Å². The van der Waals surface area contributed by atoms with E-state index in [1.54, 1.807) is 0 Å². The predicted molar refractivity (Wildman–Crippen MR) is 119 cm³/mol. The SMILES string of the molecule is C[C@H]1C[C@@H]1n1ccc2ccc(-c3nn(C4CC(C)(O)C4)c4ncnc(N)c34)cc2c1=O. The van der Waals surface area contributed by atoms with Crippen molar-refractivity contribution in [2.75, 3.05) is 5.73 Å². The molecule has 158 valence electrons. The predicted octanol–water partition coefficient (Wildman–Crippen LogP) is 3.06. The summed E-state index contributed by atoms with van der Waals surface area (Å²) < 4.78 is 3.70. The van der Waals surface area contributed by atoms with Crippen molar-refractivity contribution in [2.24, 2.45) is 5.92 Å². The first-order chi connectivity index (χ1) is 14.8. The Balaban J connectivity index is 1.53. The van der Waals surface area contributed by atoms with E-state index >= 15 is 0 Å². The number of nitrogens with two attached hydrogens (primary N) is 1. The van der Waals surface area contributed by atoms with Crippen LogP contribution in [0, 0.1) is 5.92 Å². The lowest BCUT2D eigenvalue weighted by molar-refractivity contribution is -0.0531. The van der Waals surface area contributed by atoms with Crippen LogP contribution in [0.1, 0.15) is 45.2 Å². The molecule has 4 aromatic rings. The van der Waals surface area contributed by atoms with Gasteiger partial charge in [-0.3, -0.25) is 4.79 Å². The van der Waals surface area contributed by atoms with Gasteiger partial charge in [0.25, 0.3) is 5.56 Å². The molecule has 3 heterocycles. The molecule has 0 aliphatic heterocycles. The fourth-order valence-corrected chi connectivity index (χ4v) is 4.93. The number of aromatic nitrogens is 5. The zero-order valence-corrected chi connectivity index (χ0v) is 17.5. The van der Waals surface area contributed by atoms with Gasteiger partial charge >= 0.3 is 0 Å². The van der Waals surface area contributed by atoms with E-state index in [2.05, 4.69) is 16.9 Å². The number of nitrogens with zero attached hydrogens (tertiary/aromatic N) is 5. The zero-order valence-electron chi connectivity index (χ0n) is 17.5. The summed E-state index contributed by atoms with van der Waals surface area (Å²) in [5, 5.41) is 17.3. The smallest absolute Gasteiger partial charge is 0.258 e. The Morgan fingerprint density at radius 1 is 1.23 bits per heavy atom. The summed E-state index contributed by atoms with van der Waals surface area (Å²) in [6.07, 6.45) is 5.59. The summed E-state index contributed by atoms with van der Waals surface area (Å²) in [4.78, 5) is 21.8. The second-order valence-electron chi connectivity index (χ2n) is 9.42. The molecule has 2 aliphatic rings. The molecule has 0 saturated heterocycles. The largest absolute Gasteiger partial charge is 0.390 e. The third-order valence-electron chi connectivity index (χ3n) is 6.85. The Hall–Kier alpha value is -3.26. The van der Waals surface area contributed by atoms with Gasteiger partial charge in [-0.05, 0) is 49.6 Å². The third-order valence-corrected chi connectivity index (χ3v) is 6.85. The molecule has 2 saturated carbocycles. The fourth-order valence-electron chi connectivity index (χ4n) is 4.93. The van der Waals surface area contributed by atoms with Gasteiger partial charge < -0.3 is 15.4 Å². The van der Waals surface area contributed by atoms with Gasteiger partial charge in [-0.2, -0.15) is 5.10 Å². The number of hydrogen-bond donors (Lipinski definition) is 2. The van der Waals surface area contributed by atoms with Crippen molar-refractivity contribution in [3.8, 4) is 11.3 Å². The number of pyridine rings is 1. The number of rotatable bonds is 3. The quantitative estimate of drug-likeness (QED) is 0.531. The van der Waals surface area contributed by atoms with Crippen LogP contribution in [0.5, 0.6) is 0 Å². The number of nitrogen functional groups attached to an aromatic ring is 1. The van der Waals surface area contributed by atoms with Crippen LogP contribution in [0.25, 0.3) is 33.1 Å². The Morgan fingerprint density at radius 3 is 2.71 bits per heavy atom. The molecule has 8 nitrogen and oxygen atoms in total. The average molecular weight is 416 g/mol. The standard InChI is InChI=1S/C23H24N6O2/c1-12-7-17(12)28-6-5-13-3-4-14(8-16(13)22(28)30)19-18-20(24)25-11-26-21(18)29(27-19)15-9-23(2,31)10-15/h3-6,8,11-12,15,17,31H,7,9-10H2,1-2H3,(H2,24,25,26)/t12-,15?,17-,23?/m0/s1. The van der Waals surface area contributed by atoms with Gasteiger partial charge in [0.15, 0.2) is 5.65 Å². The molecule has 1 aromatic carbocycles. The number of anilines is 1. The van der Waals surface area contributed by atoms with E-state index in [0.717, 1.165) is 17.4 Å². The van der Waals surface area contributed by atoms with E-state index in [9.17, 15) is 9.90 Å². The van der Waals surface area contributed by atoms with Crippen LogP contribution < -0.4 is 11.3 Å². The van der Waals surface area contributed by atoms with E-state index in [4.69, 9.17) is 10.8 Å². The Bertz CT molecular complexity index is 1410. The van der Waals surface area contributed by atoms with Gasteiger partial charge in [0.1, 0.15) is 17.8 Å². The molecular formula is C23H24N6O2. The van der Waals surface area contributed by atoms with E-state index in [0.29, 0.717) is 46.7 Å². The maximum atomic E-state index is 13.2. The molecule has 0 spiro atoms. The normalized spacial score (nSPS) is 27.5. The van der Waals surface area contributed by atoms with Gasteiger partial charge in [-0.1, -0.05) is 19.1 Å². The summed E-state index contributed by atoms with van der Waals surface area (Å²) in [6, 6.07) is 8.14. The number of hydrogen-bond acceptors (Lipinski definition) is 6. The van der Waals surface area contributed by atoms with Gasteiger partial charge in [0, 0.05) is 23.2 Å². The molecule has 0 bridgehead atoms. The molecule has 8 heteroatoms. The minimum atomic E-state index is -0.685. The third kappa shape index (κ3) is 2.78. The minimum Gasteiger partial charge on any atom is -0.390 e. The van der Waals surface area contributed by atoms with E-state index in [1.807, 2.05) is 46.6 Å². The zero-order chi connectivity index (χ0) is 21.5. The van der Waals surface area contributed by atoms with E-state index in [-0.39, 0.29) is 17.6 Å². The highest BCUT2D eigenvalue weighted by Crippen LogP contribution is 2.44. The van der Waals surface area contributed by atoms with Gasteiger partial charge in [0.05, 0.1) is 17.0 Å². The molecule has 3 N–H and O–H groups in total. The van der Waals surface area contributed by atoms with Crippen LogP contribution in [0.4, 0.5) is 5.82 Å². The number of benzene rings is 1. The molecule has 3 aromatic heterocycles. The summed E-state index contributed by atoms with van der Waals surface area (Å²) in [6.45, 7) is 3.99. The molecule has 0 unspecified atom stereocenters. The minimum absolute atomic E-state index is 0.0247. The van der Waals surface area contributed by atoms with Gasteiger partial charge in [-0.15, -0.1) is 0 Å². The molecule has 2 aliphatic carbocycles. The summed E-state index contributed by atoms with van der Waals surface area (Å²) in [5.41, 5.74) is 7.69. The second kappa shape index (κ2) is 6.13. The molecule has 0 amide bonds. The molecular weight excluding hydrogens is 392 g/mol. The highest BCUT2D eigenvalue weighted by Gasteiger charge is 2.41. The van der Waals surface area contributed by atoms with Crippen molar-refractivity contribution in [3.63, 3.8) is 0 Å². The van der Waals surface area contributed by atoms with E-state index in [1.165, 1.54) is 6.33 Å². The average Bonchev–Trinajstić information content (AvgIpc) is 3.30. The fraction of sp³-hybridized carbons (Fsp3) is 0.391. The van der Waals surface area contributed by atoms with Crippen molar-refractivity contribution < 1.29 is 5.11 Å². The van der Waals surface area contributed by atoms with Crippen molar-refractivity contribution >= 4 is 27.6 Å². The summed E-state index contributed by atoms with van der Waals surface area (Å²) in [7, 11) is 0. The van der Waals surface area contributed by atoms with Crippen molar-refractivity contribution in [3.05, 3.63) is 47.1 Å². The highest BCUT2D eigenvalue weighted by molar-refractivity contribution is 6.00. The van der Waals surface area contributed by atoms with E-state index < -0.39 is 5.60 Å². The lowest BCUT2D eigenvalue weighted by Crippen LogP contribution is -2.42. The topological polar surface area (TPSA) is 112 Å². The first-order valence-electron chi connectivity index (χ1n) is 10.7. The lowest BCUT2D eigenvalue weighted by atomic mass is 9.77. The summed E-state index contributed by atoms with van der Waals surface area (Å²) >= 11 is 0. The van der Waals surface area contributed by atoms with Crippen LogP contribution in [0.3, 0.4) is 0 Å². The molecule has 2 fully saturated rings. The number of fused-ring (bicyclic) bond motifs is 2. The Kier molecular flexibility index (Phi) is 3.66. The van der Waals surface area contributed by atoms with Crippen LogP contribution in [0.2, 0.25) is 0 Å². The maximum Gasteiger partial charge on any atom is 0.258 e. The first kappa shape index (κ1) is 18.5. The molecule has 2 atom stereocenters. The Labute approximate surface area is 178 Å². The molecule has 0 radical (unpaired) electrons. The van der Waals surface area contributed by atoms with Crippen LogP contribution in [0.15, 0.2) is 41.6 Å². The maximum absolute atomic E-state index is 13.2. The summed E-state index contributed by atoms with van der Waals surface area (Å²) in [5.74, 6) is 0.893. The van der Waals surface area contributed by atoms with Gasteiger partial charge in [0.2, 0.25) is 0 Å². The van der Waals surface area contributed by atoms with Crippen LogP contribution in [-0.4, -0.2) is 35.0 Å². The van der Waals surface area contributed by atoms with Crippen molar-refractivity contribution in [1.82, 2.24) is 24.3 Å². The van der Waals surface area contributed by atoms with Crippen LogP contribution >= 0.6 is 0 Å². The van der Waals surface area contributed by atoms with Crippen LogP contribution in [-0.2, 0) is 0 Å². The Morgan fingerprint density at radius 2 is 2.00 bits per heavy atom. The molecule has 31 heavy (non-hydrogen) atoms. The first-order valence-corrected chi connectivity index (χ1v) is 10.7. The highest BCUT2D eigenvalue weighted by atomic mass is 16.3.